The van der Waals surface area contributed by atoms with Gasteiger partial charge in [-0.25, -0.2) is 0 Å². The van der Waals surface area contributed by atoms with Crippen LogP contribution < -0.4 is 4.74 Å². The Hall–Kier alpha value is -2.42. The number of methoxy groups -OCH3 is 1. The standard InChI is InChI=1S/C19H22N2O/c1-3-16-4-6-17(7-5-16)14-20-12-13-21-15-18-8-10-19(22-2)11-9-18/h4-11,14-15H,3,12-13H2,1-2H3/b20-14+,21-15+. The second kappa shape index (κ2) is 8.78. The van der Waals surface area contributed by atoms with E-state index in [-0.39, 0.29) is 0 Å². The number of hydrogen-bond donors (Lipinski definition) is 0. The van der Waals surface area contributed by atoms with E-state index in [4.69, 9.17) is 4.74 Å². The van der Waals surface area contributed by atoms with Crippen LogP contribution in [0.5, 0.6) is 5.75 Å². The third-order valence-electron chi connectivity index (χ3n) is 3.34. The summed E-state index contributed by atoms with van der Waals surface area (Å²) in [5.74, 6) is 0.857. The zero-order valence-electron chi connectivity index (χ0n) is 13.2. The van der Waals surface area contributed by atoms with Crippen LogP contribution in [0.25, 0.3) is 0 Å². The lowest BCUT2D eigenvalue weighted by Crippen LogP contribution is -1.91. The van der Waals surface area contributed by atoms with Crippen LogP contribution in [0.4, 0.5) is 0 Å². The van der Waals surface area contributed by atoms with E-state index >= 15 is 0 Å². The average molecular weight is 294 g/mol. The minimum Gasteiger partial charge on any atom is -0.497 e. The van der Waals surface area contributed by atoms with Crippen LogP contribution >= 0.6 is 0 Å². The van der Waals surface area contributed by atoms with Gasteiger partial charge in [0.25, 0.3) is 0 Å². The van der Waals surface area contributed by atoms with Gasteiger partial charge in [0.2, 0.25) is 0 Å². The number of benzene rings is 2. The second-order valence-corrected chi connectivity index (χ2v) is 4.94. The zero-order valence-corrected chi connectivity index (χ0v) is 13.2. The first-order valence-electron chi connectivity index (χ1n) is 7.54. The largest absolute Gasteiger partial charge is 0.497 e. The topological polar surface area (TPSA) is 34.0 Å². The number of rotatable bonds is 7. The third kappa shape index (κ3) is 5.17. The Kier molecular flexibility index (Phi) is 6.37. The van der Waals surface area contributed by atoms with E-state index in [1.165, 1.54) is 5.56 Å². The molecule has 0 fully saturated rings. The van der Waals surface area contributed by atoms with Crippen molar-refractivity contribution in [1.82, 2.24) is 0 Å². The quantitative estimate of drug-likeness (QED) is 0.565. The summed E-state index contributed by atoms with van der Waals surface area (Å²) in [5, 5.41) is 0. The average Bonchev–Trinajstić information content (AvgIpc) is 2.59. The monoisotopic (exact) mass is 294 g/mol. The molecule has 0 atom stereocenters. The highest BCUT2D eigenvalue weighted by Gasteiger charge is 1.91. The molecule has 0 spiro atoms. The second-order valence-electron chi connectivity index (χ2n) is 4.94. The Bertz CT molecular complexity index is 555. The maximum atomic E-state index is 5.12. The van der Waals surface area contributed by atoms with Crippen molar-refractivity contribution < 1.29 is 4.74 Å². The molecule has 0 saturated carbocycles. The predicted molar refractivity (Wildman–Crippen MR) is 93.7 cm³/mol. The summed E-state index contributed by atoms with van der Waals surface area (Å²) >= 11 is 0. The Balaban J connectivity index is 1.75. The normalized spacial score (nSPS) is 11.4. The lowest BCUT2D eigenvalue weighted by molar-refractivity contribution is 0.415. The van der Waals surface area contributed by atoms with Crippen LogP contribution in [-0.4, -0.2) is 32.6 Å². The first kappa shape index (κ1) is 16.0. The minimum atomic E-state index is 0.690. The molecule has 0 aliphatic heterocycles. The molecule has 0 aliphatic rings. The summed E-state index contributed by atoms with van der Waals surface area (Å²) in [6.45, 7) is 3.54. The lowest BCUT2D eigenvalue weighted by Gasteiger charge is -1.98. The smallest absolute Gasteiger partial charge is 0.118 e. The molecule has 22 heavy (non-hydrogen) atoms. The summed E-state index contributed by atoms with van der Waals surface area (Å²) in [7, 11) is 1.66. The first-order valence-corrected chi connectivity index (χ1v) is 7.54. The molecule has 2 aromatic carbocycles. The van der Waals surface area contributed by atoms with Crippen molar-refractivity contribution in [1.29, 1.82) is 0 Å². The highest BCUT2D eigenvalue weighted by molar-refractivity contribution is 5.80. The van der Waals surface area contributed by atoms with Gasteiger partial charge in [0.05, 0.1) is 20.2 Å². The Morgan fingerprint density at radius 3 is 1.77 bits per heavy atom. The van der Waals surface area contributed by atoms with Crippen molar-refractivity contribution in [2.45, 2.75) is 13.3 Å². The predicted octanol–water partition coefficient (Wildman–Crippen LogP) is 3.80. The van der Waals surface area contributed by atoms with Crippen LogP contribution in [0, 0.1) is 0 Å². The van der Waals surface area contributed by atoms with Crippen molar-refractivity contribution in [3.63, 3.8) is 0 Å². The fourth-order valence-electron chi connectivity index (χ4n) is 1.98. The zero-order chi connectivity index (χ0) is 15.6. The van der Waals surface area contributed by atoms with E-state index in [2.05, 4.69) is 41.2 Å². The molecule has 2 rings (SSSR count). The van der Waals surface area contributed by atoms with Crippen LogP contribution in [0.15, 0.2) is 58.5 Å². The van der Waals surface area contributed by atoms with Crippen LogP contribution in [0.2, 0.25) is 0 Å². The van der Waals surface area contributed by atoms with Gasteiger partial charge in [-0.1, -0.05) is 31.2 Å². The van der Waals surface area contributed by atoms with E-state index in [0.29, 0.717) is 13.1 Å². The molecular weight excluding hydrogens is 272 g/mol. The fourth-order valence-corrected chi connectivity index (χ4v) is 1.98. The molecule has 0 aliphatic carbocycles. The third-order valence-corrected chi connectivity index (χ3v) is 3.34. The van der Waals surface area contributed by atoms with E-state index in [9.17, 15) is 0 Å². The van der Waals surface area contributed by atoms with Gasteiger partial charge in [-0.05, 0) is 47.4 Å². The molecule has 114 valence electrons. The summed E-state index contributed by atoms with van der Waals surface area (Å²) in [4.78, 5) is 8.77. The summed E-state index contributed by atoms with van der Waals surface area (Å²) in [6.07, 6.45) is 4.84. The van der Waals surface area contributed by atoms with E-state index < -0.39 is 0 Å². The molecule has 0 amide bonds. The molecular formula is C19H22N2O. The van der Waals surface area contributed by atoms with Gasteiger partial charge in [0.15, 0.2) is 0 Å². The maximum Gasteiger partial charge on any atom is 0.118 e. The minimum absolute atomic E-state index is 0.690. The molecule has 2 aromatic rings. The van der Waals surface area contributed by atoms with Crippen molar-refractivity contribution in [3.8, 4) is 5.75 Å². The number of hydrogen-bond acceptors (Lipinski definition) is 3. The van der Waals surface area contributed by atoms with Gasteiger partial charge in [0.1, 0.15) is 5.75 Å². The molecule has 0 unspecified atom stereocenters. The number of aliphatic imine (C=N–C) groups is 2. The molecule has 0 bridgehead atoms. The van der Waals surface area contributed by atoms with Gasteiger partial charge in [-0.3, -0.25) is 9.98 Å². The SMILES string of the molecule is CCc1ccc(/C=N/CC/N=C/c2ccc(OC)cc2)cc1. The van der Waals surface area contributed by atoms with E-state index in [1.54, 1.807) is 7.11 Å². The van der Waals surface area contributed by atoms with Gasteiger partial charge in [0, 0.05) is 12.4 Å². The number of ether oxygens (including phenoxy) is 1. The Morgan fingerprint density at radius 1 is 0.818 bits per heavy atom. The van der Waals surface area contributed by atoms with Crippen molar-refractivity contribution in [3.05, 3.63) is 65.2 Å². The van der Waals surface area contributed by atoms with E-state index in [0.717, 1.165) is 23.3 Å². The van der Waals surface area contributed by atoms with Crippen molar-refractivity contribution in [2.24, 2.45) is 9.98 Å². The molecule has 0 aromatic heterocycles. The maximum absolute atomic E-state index is 5.12. The highest BCUT2D eigenvalue weighted by atomic mass is 16.5. The van der Waals surface area contributed by atoms with Crippen molar-refractivity contribution >= 4 is 12.4 Å². The van der Waals surface area contributed by atoms with Crippen LogP contribution in [0.3, 0.4) is 0 Å². The Morgan fingerprint density at radius 2 is 1.32 bits per heavy atom. The van der Waals surface area contributed by atoms with Gasteiger partial charge >= 0.3 is 0 Å². The number of aryl methyl sites for hydroxylation is 1. The molecule has 0 heterocycles. The summed E-state index contributed by atoms with van der Waals surface area (Å²) in [5.41, 5.74) is 3.55. The summed E-state index contributed by atoms with van der Waals surface area (Å²) < 4.78 is 5.12. The van der Waals surface area contributed by atoms with Gasteiger partial charge in [-0.2, -0.15) is 0 Å². The molecule has 3 heteroatoms. The molecule has 3 nitrogen and oxygen atoms in total. The summed E-state index contributed by atoms with van der Waals surface area (Å²) in [6, 6.07) is 16.3. The fraction of sp³-hybridized carbons (Fsp3) is 0.263. The van der Waals surface area contributed by atoms with Crippen LogP contribution in [0.1, 0.15) is 23.6 Å². The van der Waals surface area contributed by atoms with Crippen LogP contribution in [-0.2, 0) is 6.42 Å². The van der Waals surface area contributed by atoms with E-state index in [1.807, 2.05) is 36.7 Å². The number of nitrogens with zero attached hydrogens (tertiary/aromatic N) is 2. The van der Waals surface area contributed by atoms with Gasteiger partial charge < -0.3 is 4.74 Å². The van der Waals surface area contributed by atoms with Gasteiger partial charge in [-0.15, -0.1) is 0 Å². The highest BCUT2D eigenvalue weighted by Crippen LogP contribution is 2.09. The molecule has 0 radical (unpaired) electrons. The lowest BCUT2D eigenvalue weighted by atomic mass is 10.1. The Labute approximate surface area is 132 Å². The van der Waals surface area contributed by atoms with Crippen molar-refractivity contribution in [2.75, 3.05) is 20.2 Å². The molecule has 0 N–H and O–H groups in total. The first-order chi connectivity index (χ1) is 10.8. The molecule has 0 saturated heterocycles.